The third-order valence-electron chi connectivity index (χ3n) is 2.66. The van der Waals surface area contributed by atoms with Gasteiger partial charge in [0.1, 0.15) is 15.6 Å². The average Bonchev–Trinajstić information content (AvgIpc) is 3.07. The number of furan rings is 1. The van der Waals surface area contributed by atoms with Crippen LogP contribution in [-0.2, 0) is 0 Å². The molecule has 0 spiro atoms. The zero-order valence-corrected chi connectivity index (χ0v) is 11.3. The van der Waals surface area contributed by atoms with Crippen LogP contribution in [0.4, 0.5) is 11.7 Å². The maximum absolute atomic E-state index is 10.6. The summed E-state index contributed by atoms with van der Waals surface area (Å²) in [4.78, 5) is 19.6. The molecule has 0 saturated heterocycles. The number of thiophene rings is 1. The molecule has 20 heavy (non-hydrogen) atoms. The van der Waals surface area contributed by atoms with Gasteiger partial charge < -0.3 is 9.73 Å². The van der Waals surface area contributed by atoms with Crippen molar-refractivity contribution in [3.8, 4) is 11.6 Å². The van der Waals surface area contributed by atoms with E-state index in [0.29, 0.717) is 11.6 Å². The smallest absolute Gasteiger partial charge is 0.397 e. The molecule has 0 fully saturated rings. The van der Waals surface area contributed by atoms with Gasteiger partial charge in [-0.15, -0.1) is 11.3 Å². The first-order valence-corrected chi connectivity index (χ1v) is 6.80. The Morgan fingerprint density at radius 2 is 2.25 bits per heavy atom. The largest absolute Gasteiger partial charge is 0.433 e. The molecule has 3 aromatic rings. The van der Waals surface area contributed by atoms with Crippen molar-refractivity contribution >= 4 is 33.3 Å². The summed E-state index contributed by atoms with van der Waals surface area (Å²) < 4.78 is 5.14. The van der Waals surface area contributed by atoms with Crippen LogP contribution in [0, 0.1) is 10.1 Å². The lowest BCUT2D eigenvalue weighted by Gasteiger charge is -2.05. The summed E-state index contributed by atoms with van der Waals surface area (Å²) in [5.74, 6) is 1.00. The molecule has 8 heteroatoms. The Hall–Kier alpha value is -2.48. The van der Waals surface area contributed by atoms with E-state index in [-0.39, 0.29) is 11.6 Å². The first-order valence-electron chi connectivity index (χ1n) is 5.92. The summed E-state index contributed by atoms with van der Waals surface area (Å²) in [5.41, 5.74) is 0. The third kappa shape index (κ3) is 2.10. The van der Waals surface area contributed by atoms with Crippen LogP contribution in [0.5, 0.6) is 0 Å². The van der Waals surface area contributed by atoms with E-state index in [2.05, 4.69) is 15.3 Å². The molecule has 7 nitrogen and oxygen atoms in total. The van der Waals surface area contributed by atoms with Crippen LogP contribution < -0.4 is 5.32 Å². The van der Waals surface area contributed by atoms with E-state index in [1.54, 1.807) is 0 Å². The van der Waals surface area contributed by atoms with Crippen molar-refractivity contribution in [2.24, 2.45) is 0 Å². The minimum absolute atomic E-state index is 0.283. The van der Waals surface area contributed by atoms with E-state index in [1.807, 2.05) is 18.4 Å². The number of fused-ring (bicyclic) bond motifs is 1. The number of aromatic nitrogens is 2. The summed E-state index contributed by atoms with van der Waals surface area (Å²) in [6, 6.07) is 4.74. The van der Waals surface area contributed by atoms with Crippen LogP contribution in [-0.4, -0.2) is 21.4 Å². The Morgan fingerprint density at radius 3 is 2.95 bits per heavy atom. The topological polar surface area (TPSA) is 94.1 Å². The summed E-state index contributed by atoms with van der Waals surface area (Å²) in [7, 11) is 0. The second-order valence-corrected chi connectivity index (χ2v) is 4.86. The molecule has 0 aliphatic rings. The highest BCUT2D eigenvalue weighted by Gasteiger charge is 2.17. The number of nitrogens with one attached hydrogen (secondary N) is 1. The molecule has 0 radical (unpaired) electrons. The van der Waals surface area contributed by atoms with E-state index in [9.17, 15) is 10.1 Å². The molecule has 0 aliphatic carbocycles. The van der Waals surface area contributed by atoms with E-state index < -0.39 is 4.92 Å². The van der Waals surface area contributed by atoms with E-state index >= 15 is 0 Å². The number of anilines is 1. The molecule has 1 N–H and O–H groups in total. The number of hydrogen-bond donors (Lipinski definition) is 1. The SMILES string of the molecule is CCNc1nc(-c2ccc([N+](=O)[O-])o2)nc2sccc12. The normalized spacial score (nSPS) is 10.8. The van der Waals surface area contributed by atoms with E-state index in [4.69, 9.17) is 4.42 Å². The van der Waals surface area contributed by atoms with Crippen LogP contribution in [0.25, 0.3) is 21.8 Å². The zero-order valence-electron chi connectivity index (χ0n) is 10.5. The van der Waals surface area contributed by atoms with Crippen molar-refractivity contribution in [1.82, 2.24) is 9.97 Å². The molecule has 0 saturated carbocycles. The van der Waals surface area contributed by atoms with Gasteiger partial charge in [0.2, 0.25) is 0 Å². The molecule has 0 atom stereocenters. The highest BCUT2D eigenvalue weighted by Crippen LogP contribution is 2.30. The van der Waals surface area contributed by atoms with Crippen molar-refractivity contribution in [2.45, 2.75) is 6.92 Å². The molecule has 102 valence electrons. The van der Waals surface area contributed by atoms with Gasteiger partial charge in [-0.25, -0.2) is 9.97 Å². The molecule has 0 amide bonds. The lowest BCUT2D eigenvalue weighted by atomic mass is 10.3. The fourth-order valence-corrected chi connectivity index (χ4v) is 2.58. The minimum Gasteiger partial charge on any atom is -0.397 e. The van der Waals surface area contributed by atoms with Gasteiger partial charge in [-0.1, -0.05) is 0 Å². The summed E-state index contributed by atoms with van der Waals surface area (Å²) in [6.07, 6.45) is 0. The lowest BCUT2D eigenvalue weighted by molar-refractivity contribution is -0.401. The van der Waals surface area contributed by atoms with Crippen LogP contribution >= 0.6 is 11.3 Å². The molecule has 0 bridgehead atoms. The summed E-state index contributed by atoms with van der Waals surface area (Å²) in [6.45, 7) is 2.69. The second kappa shape index (κ2) is 4.89. The molecular weight excluding hydrogens is 280 g/mol. The summed E-state index contributed by atoms with van der Waals surface area (Å²) in [5, 5.41) is 16.7. The monoisotopic (exact) mass is 290 g/mol. The summed E-state index contributed by atoms with van der Waals surface area (Å²) >= 11 is 1.48. The van der Waals surface area contributed by atoms with Crippen LogP contribution in [0.3, 0.4) is 0 Å². The molecule has 0 unspecified atom stereocenters. The first kappa shape index (κ1) is 12.5. The van der Waals surface area contributed by atoms with Crippen LogP contribution in [0.1, 0.15) is 6.92 Å². The van der Waals surface area contributed by atoms with Gasteiger partial charge in [0.15, 0.2) is 11.6 Å². The zero-order chi connectivity index (χ0) is 14.1. The number of nitro groups is 1. The number of nitrogens with zero attached hydrogens (tertiary/aromatic N) is 3. The first-order chi connectivity index (χ1) is 9.69. The van der Waals surface area contributed by atoms with Gasteiger partial charge >= 0.3 is 5.88 Å². The van der Waals surface area contributed by atoms with Gasteiger partial charge in [0.25, 0.3) is 0 Å². The van der Waals surface area contributed by atoms with Crippen LogP contribution in [0.2, 0.25) is 0 Å². The quantitative estimate of drug-likeness (QED) is 0.585. The highest BCUT2D eigenvalue weighted by atomic mass is 32.1. The molecule has 0 aromatic carbocycles. The molecule has 3 rings (SSSR count). The maximum atomic E-state index is 10.6. The van der Waals surface area contributed by atoms with Gasteiger partial charge in [-0.2, -0.15) is 0 Å². The fourth-order valence-electron chi connectivity index (χ4n) is 1.81. The Morgan fingerprint density at radius 1 is 1.40 bits per heavy atom. The van der Waals surface area contributed by atoms with Gasteiger partial charge in [0, 0.05) is 6.54 Å². The molecular formula is C12H10N4O3S. The third-order valence-corrected chi connectivity index (χ3v) is 3.47. The van der Waals surface area contributed by atoms with Crippen molar-refractivity contribution in [2.75, 3.05) is 11.9 Å². The van der Waals surface area contributed by atoms with E-state index in [1.165, 1.54) is 23.5 Å². The van der Waals surface area contributed by atoms with Crippen LogP contribution in [0.15, 0.2) is 28.0 Å². The Kier molecular flexibility index (Phi) is 3.07. The van der Waals surface area contributed by atoms with Gasteiger partial charge in [0.05, 0.1) is 11.5 Å². The number of rotatable bonds is 4. The average molecular weight is 290 g/mol. The van der Waals surface area contributed by atoms with Crippen molar-refractivity contribution < 1.29 is 9.34 Å². The molecule has 0 aliphatic heterocycles. The standard InChI is InChI=1S/C12H10N4O3S/c1-2-13-10-7-5-6-20-12(7)15-11(14-10)8-3-4-9(19-8)16(17)18/h3-6H,2H2,1H3,(H,13,14,15). The minimum atomic E-state index is -0.585. The van der Waals surface area contributed by atoms with Crippen molar-refractivity contribution in [3.63, 3.8) is 0 Å². The molecule has 3 heterocycles. The second-order valence-electron chi connectivity index (χ2n) is 3.96. The lowest BCUT2D eigenvalue weighted by Crippen LogP contribution is -2.01. The predicted molar refractivity (Wildman–Crippen MR) is 75.9 cm³/mol. The Balaban J connectivity index is 2.12. The Bertz CT molecular complexity index is 780. The highest BCUT2D eigenvalue weighted by molar-refractivity contribution is 7.16. The van der Waals surface area contributed by atoms with Crippen molar-refractivity contribution in [3.05, 3.63) is 33.7 Å². The van der Waals surface area contributed by atoms with Gasteiger partial charge in [-0.05, 0) is 24.4 Å². The van der Waals surface area contributed by atoms with Gasteiger partial charge in [-0.3, -0.25) is 10.1 Å². The maximum Gasteiger partial charge on any atom is 0.433 e. The molecule has 3 aromatic heterocycles. The van der Waals surface area contributed by atoms with Crippen molar-refractivity contribution in [1.29, 1.82) is 0 Å². The van der Waals surface area contributed by atoms with E-state index in [0.717, 1.165) is 16.8 Å². The number of hydrogen-bond acceptors (Lipinski definition) is 7. The fraction of sp³-hybridized carbons (Fsp3) is 0.167. The predicted octanol–water partition coefficient (Wildman–Crippen LogP) is 3.29. The Labute approximate surface area is 117 Å².